The Bertz CT molecular complexity index is 1400. The maximum absolute atomic E-state index is 13.5. The number of ether oxygens (including phenoxy) is 1. The number of carbonyl (C=O) groups is 1. The Morgan fingerprint density at radius 3 is 2.64 bits per heavy atom. The molecule has 0 radical (unpaired) electrons. The molecule has 0 saturated carbocycles. The minimum Gasteiger partial charge on any atom is -0.508 e. The minimum atomic E-state index is -0.217. The summed E-state index contributed by atoms with van der Waals surface area (Å²) in [5.74, 6) is 1.35. The number of fused-ring (bicyclic) bond motifs is 1. The van der Waals surface area contributed by atoms with E-state index in [2.05, 4.69) is 4.90 Å². The first-order valence-electron chi connectivity index (χ1n) is 12.0. The number of halogens is 2. The number of phenolic OH excluding ortho intramolecular Hbond substituents is 1. The maximum atomic E-state index is 13.5. The third-order valence-electron chi connectivity index (χ3n) is 6.60. The molecule has 1 fully saturated rings. The largest absolute Gasteiger partial charge is 0.508 e. The molecule has 1 N–H and O–H groups in total. The smallest absolute Gasteiger partial charge is 0.207 e. The van der Waals surface area contributed by atoms with Crippen LogP contribution in [0.3, 0.4) is 0 Å². The van der Waals surface area contributed by atoms with Crippen molar-refractivity contribution in [2.75, 3.05) is 26.3 Å². The van der Waals surface area contributed by atoms with Crippen LogP contribution >= 0.6 is 22.9 Å². The summed E-state index contributed by atoms with van der Waals surface area (Å²) < 4.78 is 19.7. The van der Waals surface area contributed by atoms with Crippen molar-refractivity contribution in [3.63, 3.8) is 0 Å². The first-order chi connectivity index (χ1) is 17.4. The SMILES string of the molecule is Cc1cc(Cl)ccc1C(=O)c1sc2cc(O)ccc2c1Oc1ccc(CCCN2CC(CF)C2)cc1. The first kappa shape index (κ1) is 24.8. The number of benzene rings is 3. The number of hydrogen-bond donors (Lipinski definition) is 1. The van der Waals surface area contributed by atoms with Gasteiger partial charge in [0.25, 0.3) is 0 Å². The van der Waals surface area contributed by atoms with E-state index >= 15 is 0 Å². The highest BCUT2D eigenvalue weighted by molar-refractivity contribution is 7.21. The van der Waals surface area contributed by atoms with E-state index in [-0.39, 0.29) is 24.1 Å². The fraction of sp³-hybridized carbons (Fsp3) is 0.276. The van der Waals surface area contributed by atoms with Gasteiger partial charge in [-0.2, -0.15) is 0 Å². The molecular formula is C29H27ClFNO3S. The molecule has 0 unspecified atom stereocenters. The number of nitrogens with zero attached hydrogens (tertiary/aromatic N) is 1. The molecule has 1 aromatic heterocycles. The Hall–Kier alpha value is -2.93. The molecule has 5 rings (SSSR count). The van der Waals surface area contributed by atoms with Gasteiger partial charge in [0, 0.05) is 39.7 Å². The quantitative estimate of drug-likeness (QED) is 0.232. The van der Waals surface area contributed by atoms with Gasteiger partial charge in [0.2, 0.25) is 5.78 Å². The lowest BCUT2D eigenvalue weighted by Crippen LogP contribution is -2.47. The first-order valence-corrected chi connectivity index (χ1v) is 13.2. The fourth-order valence-electron chi connectivity index (χ4n) is 4.62. The molecule has 0 amide bonds. The van der Waals surface area contributed by atoms with E-state index in [1.807, 2.05) is 31.2 Å². The third-order valence-corrected chi connectivity index (χ3v) is 7.97. The number of phenols is 1. The van der Waals surface area contributed by atoms with Crippen molar-refractivity contribution in [2.45, 2.75) is 19.8 Å². The number of rotatable bonds is 9. The normalized spacial score (nSPS) is 14.2. The molecule has 0 aliphatic carbocycles. The van der Waals surface area contributed by atoms with Gasteiger partial charge >= 0.3 is 0 Å². The van der Waals surface area contributed by atoms with Crippen molar-refractivity contribution >= 4 is 38.8 Å². The molecule has 7 heteroatoms. The van der Waals surface area contributed by atoms with E-state index in [0.717, 1.165) is 48.1 Å². The summed E-state index contributed by atoms with van der Waals surface area (Å²) in [5, 5.41) is 11.3. The number of ketones is 1. The van der Waals surface area contributed by atoms with Gasteiger partial charge in [0.1, 0.15) is 16.4 Å². The predicted molar refractivity (Wildman–Crippen MR) is 144 cm³/mol. The number of carbonyl (C=O) groups excluding carboxylic acids is 1. The minimum absolute atomic E-state index is 0.139. The summed E-state index contributed by atoms with van der Waals surface area (Å²) in [5.41, 5.74) is 2.56. The van der Waals surface area contributed by atoms with Crippen molar-refractivity contribution in [1.29, 1.82) is 0 Å². The Labute approximate surface area is 218 Å². The summed E-state index contributed by atoms with van der Waals surface area (Å²) in [6.45, 7) is 4.36. The van der Waals surface area contributed by atoms with Gasteiger partial charge in [-0.3, -0.25) is 9.18 Å². The van der Waals surface area contributed by atoms with Gasteiger partial charge in [-0.1, -0.05) is 23.7 Å². The lowest BCUT2D eigenvalue weighted by atomic mass is 10.0. The van der Waals surface area contributed by atoms with Gasteiger partial charge in [-0.05, 0) is 86.0 Å². The predicted octanol–water partition coefficient (Wildman–Crippen LogP) is 7.43. The van der Waals surface area contributed by atoms with Crippen LogP contribution in [0.2, 0.25) is 5.02 Å². The second kappa shape index (κ2) is 10.6. The van der Waals surface area contributed by atoms with Gasteiger partial charge in [-0.25, -0.2) is 0 Å². The molecule has 0 bridgehead atoms. The zero-order valence-corrected chi connectivity index (χ0v) is 21.5. The van der Waals surface area contributed by atoms with E-state index in [1.54, 1.807) is 36.4 Å². The van der Waals surface area contributed by atoms with Crippen molar-refractivity contribution < 1.29 is 19.0 Å². The molecule has 186 valence electrons. The van der Waals surface area contributed by atoms with Crippen molar-refractivity contribution in [3.05, 3.63) is 87.3 Å². The molecule has 0 spiro atoms. The standard InChI is InChI=1S/C29H27ClFNO3S/c1-18-13-21(30)6-10-24(18)27(34)29-28(25-11-7-22(33)14-26(25)36-29)35-23-8-4-19(5-9-23)3-2-12-32-16-20(15-31)17-32/h4-11,13-14,20,33H,2-3,12,15-17H2,1H3. The topological polar surface area (TPSA) is 49.8 Å². The highest BCUT2D eigenvalue weighted by atomic mass is 35.5. The summed E-state index contributed by atoms with van der Waals surface area (Å²) in [4.78, 5) is 16.3. The van der Waals surface area contributed by atoms with Crippen molar-refractivity contribution in [2.24, 2.45) is 5.92 Å². The summed E-state index contributed by atoms with van der Waals surface area (Å²) in [6.07, 6.45) is 1.97. The monoisotopic (exact) mass is 523 g/mol. The molecule has 2 heterocycles. The number of likely N-dealkylation sites (tertiary alicyclic amines) is 1. The van der Waals surface area contributed by atoms with Crippen LogP contribution in [-0.2, 0) is 6.42 Å². The Morgan fingerprint density at radius 1 is 1.14 bits per heavy atom. The molecule has 36 heavy (non-hydrogen) atoms. The van der Waals surface area contributed by atoms with Crippen LogP contribution in [0.1, 0.15) is 32.8 Å². The van der Waals surface area contributed by atoms with E-state index in [4.69, 9.17) is 16.3 Å². The van der Waals surface area contributed by atoms with Crippen molar-refractivity contribution in [3.8, 4) is 17.2 Å². The average Bonchev–Trinajstić information content (AvgIpc) is 3.18. The molecule has 4 nitrogen and oxygen atoms in total. The number of thiophene rings is 1. The summed E-state index contributed by atoms with van der Waals surface area (Å²) in [6, 6.07) is 18.2. The highest BCUT2D eigenvalue weighted by Gasteiger charge is 2.26. The maximum Gasteiger partial charge on any atom is 0.207 e. The van der Waals surface area contributed by atoms with E-state index in [0.29, 0.717) is 27.0 Å². The lowest BCUT2D eigenvalue weighted by molar-refractivity contribution is 0.0801. The van der Waals surface area contributed by atoms with Crippen LogP contribution in [-0.4, -0.2) is 42.1 Å². The second-order valence-corrected chi connectivity index (χ2v) is 10.8. The van der Waals surface area contributed by atoms with E-state index < -0.39 is 0 Å². The van der Waals surface area contributed by atoms with Gasteiger partial charge < -0.3 is 14.7 Å². The molecule has 1 aliphatic rings. The Morgan fingerprint density at radius 2 is 1.92 bits per heavy atom. The van der Waals surface area contributed by atoms with Crippen LogP contribution in [0.5, 0.6) is 17.2 Å². The average molecular weight is 524 g/mol. The molecular weight excluding hydrogens is 497 g/mol. The van der Waals surface area contributed by atoms with Crippen LogP contribution in [0.4, 0.5) is 4.39 Å². The van der Waals surface area contributed by atoms with Crippen LogP contribution in [0, 0.1) is 12.8 Å². The summed E-state index contributed by atoms with van der Waals surface area (Å²) in [7, 11) is 0. The molecule has 1 aliphatic heterocycles. The van der Waals surface area contributed by atoms with E-state index in [9.17, 15) is 14.3 Å². The molecule has 3 aromatic carbocycles. The van der Waals surface area contributed by atoms with Crippen molar-refractivity contribution in [1.82, 2.24) is 4.90 Å². The Kier molecular flexibility index (Phi) is 7.28. The van der Waals surface area contributed by atoms with Crippen LogP contribution in [0.15, 0.2) is 60.7 Å². The fourth-order valence-corrected chi connectivity index (χ4v) is 5.97. The van der Waals surface area contributed by atoms with Gasteiger partial charge in [0.05, 0.1) is 6.67 Å². The molecule has 1 saturated heterocycles. The number of alkyl halides is 1. The zero-order valence-electron chi connectivity index (χ0n) is 20.0. The second-order valence-electron chi connectivity index (χ2n) is 9.36. The summed E-state index contributed by atoms with van der Waals surface area (Å²) >= 11 is 7.40. The molecule has 4 aromatic rings. The van der Waals surface area contributed by atoms with Crippen LogP contribution in [0.25, 0.3) is 10.1 Å². The number of aryl methyl sites for hydroxylation is 2. The third kappa shape index (κ3) is 5.26. The number of aromatic hydroxyl groups is 1. The Balaban J connectivity index is 1.35. The van der Waals surface area contributed by atoms with Gasteiger partial charge in [0.15, 0.2) is 5.75 Å². The number of hydrogen-bond acceptors (Lipinski definition) is 5. The van der Waals surface area contributed by atoms with Crippen LogP contribution < -0.4 is 4.74 Å². The highest BCUT2D eigenvalue weighted by Crippen LogP contribution is 2.43. The van der Waals surface area contributed by atoms with E-state index in [1.165, 1.54) is 16.9 Å². The molecule has 0 atom stereocenters. The zero-order chi connectivity index (χ0) is 25.2. The van der Waals surface area contributed by atoms with Gasteiger partial charge in [-0.15, -0.1) is 11.3 Å². The lowest BCUT2D eigenvalue weighted by Gasteiger charge is -2.37.